The van der Waals surface area contributed by atoms with Gasteiger partial charge in [0.2, 0.25) is 0 Å². The van der Waals surface area contributed by atoms with Gasteiger partial charge in [-0.3, -0.25) is 0 Å². The number of methoxy groups -OCH3 is 1. The average Bonchev–Trinajstić information content (AvgIpc) is 2.47. The van der Waals surface area contributed by atoms with Crippen LogP contribution in [0.3, 0.4) is 0 Å². The highest BCUT2D eigenvalue weighted by molar-refractivity contribution is 5.36. The zero-order chi connectivity index (χ0) is 11.0. The number of hydrogen-bond donors (Lipinski definition) is 0. The Labute approximate surface area is 97.1 Å². The molecule has 0 N–H and O–H groups in total. The smallest absolute Gasteiger partial charge is 0.0725 e. The SMILES string of the molecule is COC12CC=CC(C1)c1ccccc1CC2. The molecule has 1 nitrogen and oxygen atoms in total. The molecule has 0 aliphatic heterocycles. The van der Waals surface area contributed by atoms with Crippen molar-refractivity contribution in [1.82, 2.24) is 0 Å². The van der Waals surface area contributed by atoms with Gasteiger partial charge in [-0.2, -0.15) is 0 Å². The highest BCUT2D eigenvalue weighted by atomic mass is 16.5. The summed E-state index contributed by atoms with van der Waals surface area (Å²) >= 11 is 0. The zero-order valence-corrected chi connectivity index (χ0v) is 9.78. The molecule has 0 radical (unpaired) electrons. The van der Waals surface area contributed by atoms with Gasteiger partial charge in [-0.05, 0) is 36.8 Å². The van der Waals surface area contributed by atoms with Crippen LogP contribution in [-0.4, -0.2) is 12.7 Å². The fourth-order valence-electron chi connectivity index (χ4n) is 3.17. The lowest BCUT2D eigenvalue weighted by atomic mass is 9.80. The van der Waals surface area contributed by atoms with Gasteiger partial charge in [0.25, 0.3) is 0 Å². The van der Waals surface area contributed by atoms with Gasteiger partial charge in [0.05, 0.1) is 5.60 Å². The maximum atomic E-state index is 5.81. The third kappa shape index (κ3) is 1.51. The normalized spacial score (nSPS) is 31.9. The van der Waals surface area contributed by atoms with Crippen molar-refractivity contribution < 1.29 is 4.74 Å². The van der Waals surface area contributed by atoms with E-state index in [1.54, 1.807) is 0 Å². The predicted molar refractivity (Wildman–Crippen MR) is 65.6 cm³/mol. The van der Waals surface area contributed by atoms with Crippen LogP contribution >= 0.6 is 0 Å². The average molecular weight is 214 g/mol. The Bertz CT molecular complexity index is 421. The van der Waals surface area contributed by atoms with Gasteiger partial charge in [-0.25, -0.2) is 0 Å². The Morgan fingerprint density at radius 2 is 2.19 bits per heavy atom. The molecule has 16 heavy (non-hydrogen) atoms. The quantitative estimate of drug-likeness (QED) is 0.651. The molecule has 84 valence electrons. The van der Waals surface area contributed by atoms with Crippen molar-refractivity contribution >= 4 is 0 Å². The largest absolute Gasteiger partial charge is 0.378 e. The Kier molecular flexibility index (Phi) is 2.36. The predicted octanol–water partition coefficient (Wildman–Crippen LogP) is 3.45. The first-order valence-corrected chi connectivity index (χ1v) is 6.13. The lowest BCUT2D eigenvalue weighted by Crippen LogP contribution is -2.33. The van der Waals surface area contributed by atoms with E-state index in [0.29, 0.717) is 5.92 Å². The molecule has 2 atom stereocenters. The molecular formula is C15H18O. The van der Waals surface area contributed by atoms with E-state index < -0.39 is 0 Å². The first kappa shape index (κ1) is 10.1. The second kappa shape index (κ2) is 3.74. The van der Waals surface area contributed by atoms with E-state index in [4.69, 9.17) is 4.74 Å². The number of hydrogen-bond acceptors (Lipinski definition) is 1. The van der Waals surface area contributed by atoms with Crippen LogP contribution in [0.2, 0.25) is 0 Å². The fraction of sp³-hybridized carbons (Fsp3) is 0.467. The van der Waals surface area contributed by atoms with Gasteiger partial charge in [0.1, 0.15) is 0 Å². The van der Waals surface area contributed by atoms with E-state index in [0.717, 1.165) is 25.7 Å². The third-order valence-electron chi connectivity index (χ3n) is 4.19. The molecule has 0 spiro atoms. The van der Waals surface area contributed by atoms with Crippen molar-refractivity contribution in [3.8, 4) is 0 Å². The summed E-state index contributed by atoms with van der Waals surface area (Å²) in [7, 11) is 1.87. The highest BCUT2D eigenvalue weighted by Crippen LogP contribution is 2.43. The fourth-order valence-corrected chi connectivity index (χ4v) is 3.17. The number of benzene rings is 1. The van der Waals surface area contributed by atoms with Crippen molar-refractivity contribution in [3.05, 3.63) is 47.5 Å². The Morgan fingerprint density at radius 3 is 3.06 bits per heavy atom. The molecule has 0 saturated carbocycles. The molecule has 0 fully saturated rings. The molecule has 0 amide bonds. The molecule has 0 saturated heterocycles. The standard InChI is InChI=1S/C15H18O/c1-16-15-9-4-6-13(11-15)14-7-3-2-5-12(14)8-10-15/h2-7,13H,8-11H2,1H3. The first-order chi connectivity index (χ1) is 7.83. The Hall–Kier alpha value is -1.08. The van der Waals surface area contributed by atoms with Crippen LogP contribution in [0.5, 0.6) is 0 Å². The summed E-state index contributed by atoms with van der Waals surface area (Å²) in [4.78, 5) is 0. The number of aryl methyl sites for hydroxylation is 1. The summed E-state index contributed by atoms with van der Waals surface area (Å²) < 4.78 is 5.81. The summed E-state index contributed by atoms with van der Waals surface area (Å²) in [5.41, 5.74) is 3.12. The lowest BCUT2D eigenvalue weighted by Gasteiger charge is -2.35. The van der Waals surface area contributed by atoms with Crippen LogP contribution in [0.25, 0.3) is 0 Å². The lowest BCUT2D eigenvalue weighted by molar-refractivity contribution is -0.0254. The van der Waals surface area contributed by atoms with E-state index in [-0.39, 0.29) is 5.60 Å². The monoisotopic (exact) mass is 214 g/mol. The molecule has 2 unspecified atom stereocenters. The number of allylic oxidation sites excluding steroid dienone is 1. The van der Waals surface area contributed by atoms with Crippen molar-refractivity contribution in [3.63, 3.8) is 0 Å². The topological polar surface area (TPSA) is 9.23 Å². The second-order valence-electron chi connectivity index (χ2n) is 5.03. The first-order valence-electron chi connectivity index (χ1n) is 6.13. The van der Waals surface area contributed by atoms with Crippen molar-refractivity contribution in [1.29, 1.82) is 0 Å². The summed E-state index contributed by atoms with van der Waals surface area (Å²) in [6, 6.07) is 8.85. The van der Waals surface area contributed by atoms with Crippen LogP contribution in [0.15, 0.2) is 36.4 Å². The van der Waals surface area contributed by atoms with Gasteiger partial charge < -0.3 is 4.74 Å². The maximum Gasteiger partial charge on any atom is 0.0725 e. The van der Waals surface area contributed by atoms with Crippen LogP contribution in [-0.2, 0) is 11.2 Å². The minimum Gasteiger partial charge on any atom is -0.378 e. The van der Waals surface area contributed by atoms with E-state index in [1.807, 2.05) is 7.11 Å². The van der Waals surface area contributed by atoms with Crippen LogP contribution in [0.1, 0.15) is 36.3 Å². The van der Waals surface area contributed by atoms with Crippen LogP contribution in [0, 0.1) is 0 Å². The molecule has 3 rings (SSSR count). The molecule has 1 aromatic carbocycles. The number of ether oxygens (including phenoxy) is 1. The van der Waals surface area contributed by atoms with E-state index in [9.17, 15) is 0 Å². The van der Waals surface area contributed by atoms with Gasteiger partial charge in [-0.15, -0.1) is 0 Å². The van der Waals surface area contributed by atoms with Crippen molar-refractivity contribution in [2.45, 2.75) is 37.2 Å². The number of rotatable bonds is 1. The summed E-state index contributed by atoms with van der Waals surface area (Å²) in [5, 5.41) is 0. The summed E-state index contributed by atoms with van der Waals surface area (Å²) in [6.07, 6.45) is 9.20. The molecule has 0 aromatic heterocycles. The number of fused-ring (bicyclic) bond motifs is 4. The van der Waals surface area contributed by atoms with Crippen LogP contribution in [0.4, 0.5) is 0 Å². The van der Waals surface area contributed by atoms with Gasteiger partial charge >= 0.3 is 0 Å². The Balaban J connectivity index is 2.06. The molecule has 2 bridgehead atoms. The van der Waals surface area contributed by atoms with Crippen LogP contribution < -0.4 is 0 Å². The zero-order valence-electron chi connectivity index (χ0n) is 9.78. The second-order valence-corrected chi connectivity index (χ2v) is 5.03. The van der Waals surface area contributed by atoms with Gasteiger partial charge in [0.15, 0.2) is 0 Å². The van der Waals surface area contributed by atoms with Gasteiger partial charge in [-0.1, -0.05) is 36.4 Å². The molecule has 1 aromatic rings. The molecule has 0 heterocycles. The maximum absolute atomic E-state index is 5.81. The molecular weight excluding hydrogens is 196 g/mol. The summed E-state index contributed by atoms with van der Waals surface area (Å²) in [6.45, 7) is 0. The minimum atomic E-state index is 0.0957. The third-order valence-corrected chi connectivity index (χ3v) is 4.19. The van der Waals surface area contributed by atoms with Crippen molar-refractivity contribution in [2.24, 2.45) is 0 Å². The van der Waals surface area contributed by atoms with E-state index in [2.05, 4.69) is 36.4 Å². The molecule has 2 aliphatic rings. The molecule has 2 aliphatic carbocycles. The van der Waals surface area contributed by atoms with E-state index in [1.165, 1.54) is 11.1 Å². The Morgan fingerprint density at radius 1 is 1.31 bits per heavy atom. The van der Waals surface area contributed by atoms with E-state index >= 15 is 0 Å². The molecule has 1 heteroatoms. The minimum absolute atomic E-state index is 0.0957. The van der Waals surface area contributed by atoms with Crippen molar-refractivity contribution in [2.75, 3.05) is 7.11 Å². The summed E-state index contributed by atoms with van der Waals surface area (Å²) in [5.74, 6) is 0.562. The highest BCUT2D eigenvalue weighted by Gasteiger charge is 2.37. The van der Waals surface area contributed by atoms with Gasteiger partial charge in [0, 0.05) is 13.0 Å².